The summed E-state index contributed by atoms with van der Waals surface area (Å²) >= 11 is 0. The molecular formula is C6HF12N3O2. The maximum absolute atomic E-state index is 12.7. The average molecular weight is 375 g/mol. The van der Waals surface area contributed by atoms with Gasteiger partial charge >= 0.3 is 30.5 Å². The molecule has 17 heteroatoms. The zero-order chi connectivity index (χ0) is 18.9. The van der Waals surface area contributed by atoms with Crippen molar-refractivity contribution in [3.05, 3.63) is 10.4 Å². The van der Waals surface area contributed by atoms with Gasteiger partial charge in [-0.25, -0.2) is 9.13 Å². The zero-order valence-electron chi connectivity index (χ0n) is 9.77. The summed E-state index contributed by atoms with van der Waals surface area (Å²) < 4.78 is 151. The van der Waals surface area contributed by atoms with E-state index in [1.54, 1.807) is 0 Å². The minimum Gasteiger partial charge on any atom is -0.274 e. The van der Waals surface area contributed by atoms with Crippen molar-refractivity contribution in [2.24, 2.45) is 5.11 Å². The van der Waals surface area contributed by atoms with Gasteiger partial charge in [0.1, 0.15) is 0 Å². The van der Waals surface area contributed by atoms with Crippen LogP contribution in [0.15, 0.2) is 5.11 Å². The predicted octanol–water partition coefficient (Wildman–Crippen LogP) is 4.56. The van der Waals surface area contributed by atoms with Gasteiger partial charge in [-0.1, -0.05) is 0 Å². The Kier molecular flexibility index (Phi) is 5.69. The summed E-state index contributed by atoms with van der Waals surface area (Å²) in [4.78, 5) is 1.22. The molecule has 0 saturated carbocycles. The fourth-order valence-electron chi connectivity index (χ4n) is 0.759. The summed E-state index contributed by atoms with van der Waals surface area (Å²) in [7, 11) is 0. The maximum atomic E-state index is 12.7. The van der Waals surface area contributed by atoms with E-state index in [1.165, 1.54) is 14.8 Å². The van der Waals surface area contributed by atoms with Gasteiger partial charge in [-0.05, 0) is 10.6 Å². The molecule has 1 unspecified atom stereocenters. The lowest BCUT2D eigenvalue weighted by Crippen LogP contribution is -2.59. The largest absolute Gasteiger partial charge is 0.527 e. The van der Waals surface area contributed by atoms with E-state index in [9.17, 15) is 52.7 Å². The van der Waals surface area contributed by atoms with E-state index in [0.29, 0.717) is 0 Å². The van der Waals surface area contributed by atoms with Crippen LogP contribution >= 0.6 is 0 Å². The monoisotopic (exact) mass is 375 g/mol. The van der Waals surface area contributed by atoms with Crippen molar-refractivity contribution in [1.82, 2.24) is 0 Å². The molecule has 0 aromatic rings. The Labute approximate surface area is 116 Å². The maximum Gasteiger partial charge on any atom is 0.527 e. The number of ether oxygens (including phenoxy) is 2. The number of azide groups is 1. The fourth-order valence-corrected chi connectivity index (χ4v) is 0.759. The number of hydrogen-bond acceptors (Lipinski definition) is 3. The Hall–Kier alpha value is -1.61. The summed E-state index contributed by atoms with van der Waals surface area (Å²) in [6.07, 6.45) is -25.4. The molecule has 23 heavy (non-hydrogen) atoms. The first-order chi connectivity index (χ1) is 9.90. The van der Waals surface area contributed by atoms with Crippen LogP contribution in [-0.4, -0.2) is 36.9 Å². The predicted molar refractivity (Wildman–Crippen MR) is 42.1 cm³/mol. The minimum absolute atomic E-state index is 1.21. The molecule has 0 fully saturated rings. The van der Waals surface area contributed by atoms with Crippen molar-refractivity contribution in [1.29, 1.82) is 0 Å². The Balaban J connectivity index is 5.50. The van der Waals surface area contributed by atoms with Crippen LogP contribution in [0.4, 0.5) is 52.7 Å². The summed E-state index contributed by atoms with van der Waals surface area (Å²) in [6.45, 7) is 0. The molecule has 1 atom stereocenters. The SMILES string of the molecule is [N-]=[N+]=NC(F)(F)C(F)OC(F)(F)C(F)(F)C(F)(F)OC(F)(F)F. The van der Waals surface area contributed by atoms with Crippen LogP contribution < -0.4 is 0 Å². The van der Waals surface area contributed by atoms with Crippen molar-refractivity contribution >= 4 is 0 Å². The molecule has 0 bridgehead atoms. The minimum atomic E-state index is -7.24. The summed E-state index contributed by atoms with van der Waals surface area (Å²) in [5.41, 5.74) is 7.52. The van der Waals surface area contributed by atoms with Gasteiger partial charge in [-0.3, -0.25) is 4.74 Å². The van der Waals surface area contributed by atoms with Gasteiger partial charge in [0, 0.05) is 4.91 Å². The van der Waals surface area contributed by atoms with E-state index in [4.69, 9.17) is 5.53 Å². The molecule has 5 nitrogen and oxygen atoms in total. The summed E-state index contributed by atoms with van der Waals surface area (Å²) in [5.74, 6) is -7.24. The van der Waals surface area contributed by atoms with E-state index in [-0.39, 0.29) is 0 Å². The number of nitrogens with zero attached hydrogens (tertiary/aromatic N) is 3. The normalized spacial score (nSPS) is 16.0. The second-order valence-electron chi connectivity index (χ2n) is 3.37. The summed E-state index contributed by atoms with van der Waals surface area (Å²) in [6, 6.07) is -5.56. The lowest BCUT2D eigenvalue weighted by atomic mass is 10.3. The quantitative estimate of drug-likeness (QED) is 0.215. The van der Waals surface area contributed by atoms with Crippen molar-refractivity contribution in [3.63, 3.8) is 0 Å². The third kappa shape index (κ3) is 4.93. The standard InChI is InChI=1S/C6HF12N3O2/c7-1(2(8,9)20-21-19)22-4(12,13)3(10,11)5(14,15)23-6(16,17)18/h1H. The third-order valence-electron chi connectivity index (χ3n) is 1.68. The molecule has 0 radical (unpaired) electrons. The van der Waals surface area contributed by atoms with Gasteiger partial charge in [0.15, 0.2) is 0 Å². The van der Waals surface area contributed by atoms with Gasteiger partial charge in [-0.15, -0.1) is 13.2 Å². The van der Waals surface area contributed by atoms with E-state index < -0.39 is 36.9 Å². The van der Waals surface area contributed by atoms with Crippen molar-refractivity contribution in [2.45, 2.75) is 36.9 Å². The molecule has 136 valence electrons. The average Bonchev–Trinajstić information content (AvgIpc) is 2.24. The zero-order valence-corrected chi connectivity index (χ0v) is 9.77. The van der Waals surface area contributed by atoms with Gasteiger partial charge in [0.25, 0.3) is 6.36 Å². The number of hydrogen-bond donors (Lipinski definition) is 0. The second kappa shape index (κ2) is 6.12. The Morgan fingerprint density at radius 2 is 1.26 bits per heavy atom. The van der Waals surface area contributed by atoms with Crippen molar-refractivity contribution in [3.8, 4) is 0 Å². The first-order valence-corrected chi connectivity index (χ1v) is 4.56. The molecule has 0 amide bonds. The molecule has 0 aliphatic carbocycles. The highest BCUT2D eigenvalue weighted by atomic mass is 19.4. The lowest BCUT2D eigenvalue weighted by molar-refractivity contribution is -0.515. The van der Waals surface area contributed by atoms with Crippen LogP contribution in [0.2, 0.25) is 0 Å². The van der Waals surface area contributed by atoms with Crippen LogP contribution in [0.1, 0.15) is 0 Å². The highest BCUT2D eigenvalue weighted by Gasteiger charge is 2.77. The smallest absolute Gasteiger partial charge is 0.274 e. The van der Waals surface area contributed by atoms with Crippen molar-refractivity contribution in [2.75, 3.05) is 0 Å². The first kappa shape index (κ1) is 21.4. The van der Waals surface area contributed by atoms with E-state index >= 15 is 0 Å². The van der Waals surface area contributed by atoms with Crippen LogP contribution in [0.25, 0.3) is 10.4 Å². The lowest BCUT2D eigenvalue weighted by Gasteiger charge is -2.32. The first-order valence-electron chi connectivity index (χ1n) is 4.56. The molecule has 0 spiro atoms. The van der Waals surface area contributed by atoms with Crippen LogP contribution in [0, 0.1) is 0 Å². The molecular weight excluding hydrogens is 374 g/mol. The summed E-state index contributed by atoms with van der Waals surface area (Å²) in [5, 5.41) is 1.21. The molecule has 0 rings (SSSR count). The van der Waals surface area contributed by atoms with Gasteiger partial charge in [-0.2, -0.15) is 35.1 Å². The number of halogens is 12. The number of rotatable bonds is 7. The molecule has 0 aliphatic rings. The Morgan fingerprint density at radius 3 is 1.61 bits per heavy atom. The molecule has 0 N–H and O–H groups in total. The van der Waals surface area contributed by atoms with Crippen LogP contribution in [-0.2, 0) is 9.47 Å². The van der Waals surface area contributed by atoms with Gasteiger partial charge in [0.2, 0.25) is 0 Å². The topological polar surface area (TPSA) is 67.2 Å². The molecule has 0 saturated heterocycles. The van der Waals surface area contributed by atoms with Gasteiger partial charge < -0.3 is 0 Å². The van der Waals surface area contributed by atoms with Crippen LogP contribution in [0.5, 0.6) is 0 Å². The fraction of sp³-hybridized carbons (Fsp3) is 1.00. The van der Waals surface area contributed by atoms with Crippen molar-refractivity contribution < 1.29 is 62.2 Å². The van der Waals surface area contributed by atoms with E-state index in [1.807, 2.05) is 4.74 Å². The molecule has 0 heterocycles. The molecule has 0 aliphatic heterocycles. The Morgan fingerprint density at radius 1 is 0.826 bits per heavy atom. The number of alkyl halides is 12. The van der Waals surface area contributed by atoms with Gasteiger partial charge in [0.05, 0.1) is 0 Å². The second-order valence-corrected chi connectivity index (χ2v) is 3.37. The Bertz CT molecular complexity index is 470. The highest BCUT2D eigenvalue weighted by Crippen LogP contribution is 2.50. The third-order valence-corrected chi connectivity index (χ3v) is 1.68. The molecule has 0 aromatic heterocycles. The van der Waals surface area contributed by atoms with E-state index in [2.05, 4.69) is 0 Å². The molecule has 0 aromatic carbocycles. The van der Waals surface area contributed by atoms with E-state index in [0.717, 1.165) is 0 Å². The van der Waals surface area contributed by atoms with Crippen LogP contribution in [0.3, 0.4) is 0 Å². The highest BCUT2D eigenvalue weighted by molar-refractivity contribution is 4.87.